The van der Waals surface area contributed by atoms with Gasteiger partial charge < -0.3 is 9.63 Å². The zero-order chi connectivity index (χ0) is 10.3. The highest BCUT2D eigenvalue weighted by molar-refractivity contribution is 9.10. The van der Waals surface area contributed by atoms with Crippen LogP contribution in [0.5, 0.6) is 0 Å². The maximum absolute atomic E-state index is 10.9. The molecule has 0 aliphatic heterocycles. The lowest BCUT2D eigenvalue weighted by atomic mass is 10.1. The maximum atomic E-state index is 10.9. The molecule has 1 N–H and O–H groups in total. The van der Waals surface area contributed by atoms with Crippen molar-refractivity contribution in [3.05, 3.63) is 27.9 Å². The quantitative estimate of drug-likeness (QED) is 0.851. The Morgan fingerprint density at radius 3 is 2.93 bits per heavy atom. The van der Waals surface area contributed by atoms with Crippen molar-refractivity contribution in [1.82, 2.24) is 5.16 Å². The van der Waals surface area contributed by atoms with Crippen LogP contribution in [0.2, 0.25) is 0 Å². The Bertz CT molecular complexity index is 518. The largest absolute Gasteiger partial charge is 0.478 e. The smallest absolute Gasteiger partial charge is 0.339 e. The molecule has 0 unspecified atom stereocenters. The van der Waals surface area contributed by atoms with Crippen LogP contribution in [0.4, 0.5) is 0 Å². The lowest BCUT2D eigenvalue weighted by molar-refractivity contribution is 0.0697. The molecule has 0 spiro atoms. The molecular weight excluding hydrogens is 250 g/mol. The van der Waals surface area contributed by atoms with Gasteiger partial charge in [-0.05, 0) is 19.1 Å². The number of carbonyl (C=O) groups is 1. The van der Waals surface area contributed by atoms with E-state index in [9.17, 15) is 4.79 Å². The Morgan fingerprint density at radius 1 is 1.57 bits per heavy atom. The molecule has 2 aromatic rings. The van der Waals surface area contributed by atoms with Crippen LogP contribution >= 0.6 is 15.9 Å². The van der Waals surface area contributed by atoms with E-state index in [1.54, 1.807) is 13.0 Å². The van der Waals surface area contributed by atoms with E-state index in [-0.39, 0.29) is 5.56 Å². The van der Waals surface area contributed by atoms with Crippen molar-refractivity contribution in [3.63, 3.8) is 0 Å². The molecule has 0 bridgehead atoms. The summed E-state index contributed by atoms with van der Waals surface area (Å²) in [6.45, 7) is 1.77. The third kappa shape index (κ3) is 1.29. The average Bonchev–Trinajstić information content (AvgIpc) is 2.47. The second-order valence-corrected chi connectivity index (χ2v) is 3.82. The van der Waals surface area contributed by atoms with Crippen LogP contribution in [0.15, 0.2) is 21.1 Å². The first kappa shape index (κ1) is 9.21. The molecule has 1 aromatic carbocycles. The fraction of sp³-hybridized carbons (Fsp3) is 0.111. The summed E-state index contributed by atoms with van der Waals surface area (Å²) in [5.41, 5.74) is 1.12. The molecule has 0 atom stereocenters. The van der Waals surface area contributed by atoms with E-state index in [1.807, 2.05) is 0 Å². The predicted octanol–water partition coefficient (Wildman–Crippen LogP) is 2.60. The minimum absolute atomic E-state index is 0.120. The van der Waals surface area contributed by atoms with E-state index >= 15 is 0 Å². The average molecular weight is 256 g/mol. The van der Waals surface area contributed by atoms with E-state index in [1.165, 1.54) is 6.07 Å². The van der Waals surface area contributed by atoms with Gasteiger partial charge in [0.05, 0.1) is 5.69 Å². The predicted molar refractivity (Wildman–Crippen MR) is 53.4 cm³/mol. The maximum Gasteiger partial charge on any atom is 0.339 e. The molecule has 5 heteroatoms. The fourth-order valence-electron chi connectivity index (χ4n) is 1.28. The van der Waals surface area contributed by atoms with Crippen LogP contribution in [-0.2, 0) is 0 Å². The second kappa shape index (κ2) is 3.09. The van der Waals surface area contributed by atoms with Gasteiger partial charge in [0.1, 0.15) is 5.56 Å². The van der Waals surface area contributed by atoms with Crippen LogP contribution in [0.25, 0.3) is 11.0 Å². The summed E-state index contributed by atoms with van der Waals surface area (Å²) in [5, 5.41) is 13.3. The van der Waals surface area contributed by atoms with Gasteiger partial charge >= 0.3 is 5.97 Å². The first-order valence-electron chi connectivity index (χ1n) is 3.88. The Hall–Kier alpha value is -1.36. The molecule has 0 aliphatic carbocycles. The number of hydrogen-bond donors (Lipinski definition) is 1. The summed E-state index contributed by atoms with van der Waals surface area (Å²) in [7, 11) is 0. The second-order valence-electron chi connectivity index (χ2n) is 2.90. The number of aromatic nitrogens is 1. The number of fused-ring (bicyclic) bond motifs is 1. The number of rotatable bonds is 1. The first-order valence-corrected chi connectivity index (χ1v) is 4.67. The molecule has 0 radical (unpaired) electrons. The lowest BCUT2D eigenvalue weighted by Gasteiger charge is -1.96. The molecule has 0 fully saturated rings. The topological polar surface area (TPSA) is 63.3 Å². The Morgan fingerprint density at radius 2 is 2.29 bits per heavy atom. The molecule has 0 aliphatic rings. The summed E-state index contributed by atoms with van der Waals surface area (Å²) >= 11 is 3.24. The highest BCUT2D eigenvalue weighted by Gasteiger charge is 2.15. The summed E-state index contributed by atoms with van der Waals surface area (Å²) in [4.78, 5) is 10.9. The van der Waals surface area contributed by atoms with Gasteiger partial charge in [-0.25, -0.2) is 4.79 Å². The van der Waals surface area contributed by atoms with E-state index in [4.69, 9.17) is 9.63 Å². The number of hydrogen-bond acceptors (Lipinski definition) is 3. The van der Waals surface area contributed by atoms with Crippen molar-refractivity contribution in [2.75, 3.05) is 0 Å². The number of aromatic carboxylic acids is 1. The molecule has 2 rings (SSSR count). The molecule has 4 nitrogen and oxygen atoms in total. The molecule has 0 saturated carbocycles. The first-order chi connectivity index (χ1) is 6.59. The summed E-state index contributed by atoms with van der Waals surface area (Å²) in [6.07, 6.45) is 0. The Labute approximate surface area is 87.6 Å². The zero-order valence-corrected chi connectivity index (χ0v) is 8.83. The van der Waals surface area contributed by atoms with E-state index in [2.05, 4.69) is 21.1 Å². The number of carboxylic acid groups (broad SMARTS) is 1. The minimum atomic E-state index is -1.02. The van der Waals surface area contributed by atoms with Crippen molar-refractivity contribution < 1.29 is 14.4 Å². The van der Waals surface area contributed by atoms with Crippen molar-refractivity contribution in [2.24, 2.45) is 0 Å². The van der Waals surface area contributed by atoms with Gasteiger partial charge in [0.2, 0.25) is 0 Å². The van der Waals surface area contributed by atoms with Gasteiger partial charge in [-0.1, -0.05) is 21.1 Å². The van der Waals surface area contributed by atoms with Gasteiger partial charge in [-0.2, -0.15) is 0 Å². The highest BCUT2D eigenvalue weighted by atomic mass is 79.9. The van der Waals surface area contributed by atoms with Crippen molar-refractivity contribution in [1.29, 1.82) is 0 Å². The number of carboxylic acids is 1. The molecule has 1 aromatic heterocycles. The number of halogens is 1. The van der Waals surface area contributed by atoms with Crippen molar-refractivity contribution in [2.45, 2.75) is 6.92 Å². The van der Waals surface area contributed by atoms with Crippen LogP contribution in [-0.4, -0.2) is 16.2 Å². The zero-order valence-electron chi connectivity index (χ0n) is 7.24. The summed E-state index contributed by atoms with van der Waals surface area (Å²) in [5.74, 6) is -1.02. The van der Waals surface area contributed by atoms with Gasteiger partial charge in [-0.3, -0.25) is 0 Å². The molecule has 0 saturated heterocycles. The lowest BCUT2D eigenvalue weighted by Crippen LogP contribution is -1.96. The van der Waals surface area contributed by atoms with Crippen LogP contribution in [0, 0.1) is 6.92 Å². The van der Waals surface area contributed by atoms with Crippen molar-refractivity contribution in [3.8, 4) is 0 Å². The summed E-state index contributed by atoms with van der Waals surface area (Å²) in [6, 6.07) is 3.28. The third-order valence-electron chi connectivity index (χ3n) is 1.95. The van der Waals surface area contributed by atoms with E-state index < -0.39 is 5.97 Å². The van der Waals surface area contributed by atoms with Crippen LogP contribution in [0.3, 0.4) is 0 Å². The number of aryl methyl sites for hydroxylation is 1. The number of nitrogens with zero attached hydrogens (tertiary/aromatic N) is 1. The fourth-order valence-corrected chi connectivity index (χ4v) is 1.74. The monoisotopic (exact) mass is 255 g/mol. The highest BCUT2D eigenvalue weighted by Crippen LogP contribution is 2.26. The molecule has 72 valence electrons. The molecule has 0 amide bonds. The minimum Gasteiger partial charge on any atom is -0.478 e. The van der Waals surface area contributed by atoms with Gasteiger partial charge in [0, 0.05) is 9.86 Å². The molecular formula is C9H6BrNO3. The SMILES string of the molecule is Cc1noc2c(C(=O)O)cc(Br)cc12. The Kier molecular flexibility index (Phi) is 2.03. The van der Waals surface area contributed by atoms with Gasteiger partial charge in [0.25, 0.3) is 0 Å². The van der Waals surface area contributed by atoms with Gasteiger partial charge in [0.15, 0.2) is 5.58 Å². The molecule has 14 heavy (non-hydrogen) atoms. The van der Waals surface area contributed by atoms with Gasteiger partial charge in [-0.15, -0.1) is 0 Å². The summed E-state index contributed by atoms with van der Waals surface area (Å²) < 4.78 is 5.65. The van der Waals surface area contributed by atoms with E-state index in [0.717, 1.165) is 5.39 Å². The standard InChI is InChI=1S/C9H6BrNO3/c1-4-6-2-5(10)3-7(9(12)13)8(6)14-11-4/h2-3H,1H3,(H,12,13). The van der Waals surface area contributed by atoms with E-state index in [0.29, 0.717) is 15.7 Å². The Balaban J connectivity index is 2.88. The van der Waals surface area contributed by atoms with Crippen LogP contribution < -0.4 is 0 Å². The normalized spacial score (nSPS) is 10.7. The molecule has 1 heterocycles. The van der Waals surface area contributed by atoms with Crippen LogP contribution in [0.1, 0.15) is 16.1 Å². The van der Waals surface area contributed by atoms with Crippen molar-refractivity contribution >= 4 is 32.9 Å². The third-order valence-corrected chi connectivity index (χ3v) is 2.41. The number of benzene rings is 1.